The molecule has 0 fully saturated rings. The molecule has 0 unspecified atom stereocenters. The van der Waals surface area contributed by atoms with Crippen LogP contribution in [0.1, 0.15) is 11.1 Å². The highest BCUT2D eigenvalue weighted by Gasteiger charge is 2.12. The molecule has 0 N–H and O–H groups in total. The van der Waals surface area contributed by atoms with Gasteiger partial charge in [0.25, 0.3) is 9.05 Å². The second kappa shape index (κ2) is 5.79. The van der Waals surface area contributed by atoms with Crippen LogP contribution in [0, 0.1) is 11.5 Å². The van der Waals surface area contributed by atoms with E-state index < -0.39 is 17.1 Å². The maximum Gasteiger partial charge on any atom is 0.261 e. The van der Waals surface area contributed by atoms with Crippen molar-refractivity contribution in [3.05, 3.63) is 29.3 Å². The third kappa shape index (κ3) is 5.15. The zero-order valence-corrected chi connectivity index (χ0v) is 14.6. The third-order valence-corrected chi connectivity index (χ3v) is 4.84. The van der Waals surface area contributed by atoms with Crippen LogP contribution in [0.3, 0.4) is 0 Å². The second-order valence-electron chi connectivity index (χ2n) is 4.94. The highest BCUT2D eigenvalue weighted by atomic mass is 79.9. The molecule has 0 spiro atoms. The van der Waals surface area contributed by atoms with Crippen LogP contribution >= 0.6 is 26.6 Å². The van der Waals surface area contributed by atoms with Crippen molar-refractivity contribution in [3.8, 4) is 11.5 Å². The van der Waals surface area contributed by atoms with Gasteiger partial charge < -0.3 is 0 Å². The van der Waals surface area contributed by atoms with Crippen molar-refractivity contribution in [2.75, 3.05) is 0 Å². The number of rotatable bonds is 2. The van der Waals surface area contributed by atoms with E-state index in [1.54, 1.807) is 6.07 Å². The average Bonchev–Trinajstić information content (AvgIpc) is 2.24. The molecule has 0 aliphatic carbocycles. The molecule has 0 atom stereocenters. The topological polar surface area (TPSA) is 34.1 Å². The Kier molecular flexibility index (Phi) is 5.07. The molecule has 0 radical (unpaired) electrons. The molecule has 1 aromatic rings. The highest BCUT2D eigenvalue weighted by molar-refractivity contribution is 9.08. The lowest BCUT2D eigenvalue weighted by atomic mass is 10.1. The van der Waals surface area contributed by atoms with Crippen molar-refractivity contribution >= 4 is 43.7 Å². The van der Waals surface area contributed by atoms with Gasteiger partial charge in [0, 0.05) is 21.6 Å². The first kappa shape index (κ1) is 15.8. The smallest absolute Gasteiger partial charge is 0.207 e. The van der Waals surface area contributed by atoms with Crippen molar-refractivity contribution in [3.63, 3.8) is 0 Å². The Morgan fingerprint density at radius 3 is 2.33 bits per heavy atom. The summed E-state index contributed by atoms with van der Waals surface area (Å²) in [6, 6.07) is 4.94. The van der Waals surface area contributed by atoms with Crippen LogP contribution in [0.25, 0.3) is 0 Å². The Morgan fingerprint density at radius 1 is 1.28 bits per heavy atom. The van der Waals surface area contributed by atoms with Crippen molar-refractivity contribution in [2.24, 2.45) is 0 Å². The minimum atomic E-state index is -3.72. The minimum absolute atomic E-state index is 0.0981. The number of alkyl halides is 1. The predicted molar refractivity (Wildman–Crippen MR) is 82.3 cm³/mol. The lowest BCUT2D eigenvalue weighted by Crippen LogP contribution is -2.16. The van der Waals surface area contributed by atoms with Gasteiger partial charge in [0.05, 0.1) is 4.90 Å². The van der Waals surface area contributed by atoms with E-state index in [2.05, 4.69) is 47.0 Å². The Hall–Kier alpha value is -0.283. The van der Waals surface area contributed by atoms with Crippen LogP contribution in [0.4, 0.5) is 0 Å². The van der Waals surface area contributed by atoms with Crippen LogP contribution < -0.4 is 0 Å². The molecule has 0 aliphatic heterocycles. The van der Waals surface area contributed by atoms with Crippen molar-refractivity contribution in [2.45, 2.75) is 29.9 Å². The summed E-state index contributed by atoms with van der Waals surface area (Å²) in [5.74, 6) is 3.04. The summed E-state index contributed by atoms with van der Waals surface area (Å²) in [4.78, 5) is 0.0981. The third-order valence-electron chi connectivity index (χ3n) is 1.98. The molecule has 0 aromatic heterocycles. The van der Waals surface area contributed by atoms with Gasteiger partial charge >= 0.3 is 0 Å². The van der Waals surface area contributed by atoms with E-state index in [1.165, 1.54) is 6.07 Å². The lowest BCUT2D eigenvalue weighted by Gasteiger charge is -2.05. The van der Waals surface area contributed by atoms with Crippen LogP contribution in [0.15, 0.2) is 23.1 Å². The Balaban J connectivity index is 3.33. The maximum atomic E-state index is 11.4. The lowest BCUT2D eigenvalue weighted by molar-refractivity contribution is 0.609. The van der Waals surface area contributed by atoms with Crippen LogP contribution in [-0.4, -0.2) is 16.5 Å². The first-order valence-electron chi connectivity index (χ1n) is 5.29. The van der Waals surface area contributed by atoms with Gasteiger partial charge in [-0.15, -0.1) is 5.54 Å². The van der Waals surface area contributed by atoms with E-state index in [1.807, 2.05) is 6.07 Å². The fraction of sp³-hybridized carbons (Fsp3) is 0.333. The molecule has 0 amide bonds. The summed E-state index contributed by atoms with van der Waals surface area (Å²) < 4.78 is 22.7. The van der Waals surface area contributed by atoms with Gasteiger partial charge in [-0.05, 0) is 23.8 Å². The highest BCUT2D eigenvalue weighted by Crippen LogP contribution is 2.20. The SMILES string of the molecule is C[Si](C)(C)C#Cc1cc(CBr)cc(S(=O)(=O)Cl)c1. The Morgan fingerprint density at radius 2 is 1.89 bits per heavy atom. The predicted octanol–water partition coefficient (Wildman–Crippen LogP) is 3.74. The molecule has 1 aromatic carbocycles. The van der Waals surface area contributed by atoms with Gasteiger partial charge in [-0.1, -0.05) is 41.5 Å². The quantitative estimate of drug-likeness (QED) is 0.346. The molecule has 0 bridgehead atoms. The Labute approximate surface area is 122 Å². The summed E-state index contributed by atoms with van der Waals surface area (Å²) in [5, 5.41) is 0.564. The van der Waals surface area contributed by atoms with Crippen molar-refractivity contribution < 1.29 is 8.42 Å². The van der Waals surface area contributed by atoms with Gasteiger partial charge in [-0.25, -0.2) is 8.42 Å². The van der Waals surface area contributed by atoms with E-state index in [0.717, 1.165) is 5.56 Å². The van der Waals surface area contributed by atoms with E-state index in [-0.39, 0.29) is 4.90 Å². The molecule has 2 nitrogen and oxygen atoms in total. The molecule has 0 saturated heterocycles. The summed E-state index contributed by atoms with van der Waals surface area (Å²) in [7, 11) is 0.164. The molecular weight excluding hydrogens is 352 g/mol. The van der Waals surface area contributed by atoms with Crippen molar-refractivity contribution in [1.82, 2.24) is 0 Å². The molecule has 1 rings (SSSR count). The summed E-state index contributed by atoms with van der Waals surface area (Å²) in [6.07, 6.45) is 0. The molecule has 0 aliphatic rings. The normalized spacial score (nSPS) is 11.8. The first-order valence-corrected chi connectivity index (χ1v) is 12.2. The fourth-order valence-electron chi connectivity index (χ4n) is 1.21. The zero-order valence-electron chi connectivity index (χ0n) is 10.4. The number of hydrogen-bond acceptors (Lipinski definition) is 2. The van der Waals surface area contributed by atoms with Crippen molar-refractivity contribution in [1.29, 1.82) is 0 Å². The second-order valence-corrected chi connectivity index (χ2v) is 12.8. The average molecular weight is 366 g/mol. The molecule has 0 saturated carbocycles. The van der Waals surface area contributed by atoms with Gasteiger partial charge in [-0.2, -0.15) is 0 Å². The van der Waals surface area contributed by atoms with E-state index in [9.17, 15) is 8.42 Å². The number of hydrogen-bond donors (Lipinski definition) is 0. The number of benzene rings is 1. The monoisotopic (exact) mass is 364 g/mol. The molecule has 18 heavy (non-hydrogen) atoms. The molecule has 0 heterocycles. The van der Waals surface area contributed by atoms with Crippen LogP contribution in [0.2, 0.25) is 19.6 Å². The molecule has 6 heteroatoms. The van der Waals surface area contributed by atoms with E-state index >= 15 is 0 Å². The van der Waals surface area contributed by atoms with Gasteiger partial charge in [0.15, 0.2) is 0 Å². The molecular formula is C12H14BrClO2SSi. The zero-order chi connectivity index (χ0) is 14.0. The summed E-state index contributed by atoms with van der Waals surface area (Å²) >= 11 is 3.31. The largest absolute Gasteiger partial charge is 0.261 e. The molecule has 98 valence electrons. The van der Waals surface area contributed by atoms with Gasteiger partial charge in [0.1, 0.15) is 8.07 Å². The number of halogens is 2. The maximum absolute atomic E-state index is 11.4. The standard InChI is InChI=1S/C12H14BrClO2SSi/c1-18(2,3)5-4-10-6-11(9-13)8-12(7-10)17(14,15)16/h6-8H,9H2,1-3H3. The van der Waals surface area contributed by atoms with E-state index in [0.29, 0.717) is 10.9 Å². The first-order chi connectivity index (χ1) is 8.12. The fourth-order valence-corrected chi connectivity index (χ4v) is 2.88. The Bertz CT molecular complexity index is 609. The van der Waals surface area contributed by atoms with Crippen LogP contribution in [-0.2, 0) is 14.4 Å². The van der Waals surface area contributed by atoms with Crippen LogP contribution in [0.5, 0.6) is 0 Å². The van der Waals surface area contributed by atoms with Gasteiger partial charge in [0.2, 0.25) is 0 Å². The summed E-state index contributed by atoms with van der Waals surface area (Å²) in [6.45, 7) is 6.40. The minimum Gasteiger partial charge on any atom is -0.207 e. The summed E-state index contributed by atoms with van der Waals surface area (Å²) in [5.41, 5.74) is 4.74. The van der Waals surface area contributed by atoms with Gasteiger partial charge in [-0.3, -0.25) is 0 Å². The van der Waals surface area contributed by atoms with E-state index in [4.69, 9.17) is 10.7 Å².